The first-order valence-corrected chi connectivity index (χ1v) is 7.40. The van der Waals surface area contributed by atoms with Gasteiger partial charge in [-0.15, -0.1) is 0 Å². The van der Waals surface area contributed by atoms with E-state index < -0.39 is 0 Å². The Morgan fingerprint density at radius 2 is 2.17 bits per heavy atom. The smallest absolute Gasteiger partial charge is 0.251 e. The van der Waals surface area contributed by atoms with Gasteiger partial charge in [0.1, 0.15) is 0 Å². The van der Waals surface area contributed by atoms with E-state index in [-0.39, 0.29) is 5.91 Å². The van der Waals surface area contributed by atoms with E-state index in [1.54, 1.807) is 0 Å². The van der Waals surface area contributed by atoms with Crippen molar-refractivity contribution in [3.63, 3.8) is 0 Å². The van der Waals surface area contributed by atoms with Gasteiger partial charge in [0.2, 0.25) is 0 Å². The predicted molar refractivity (Wildman–Crippen MR) is 77.8 cm³/mol. The zero-order chi connectivity index (χ0) is 13.2. The molecule has 1 aliphatic carbocycles. The lowest BCUT2D eigenvalue weighted by Gasteiger charge is -2.15. The molecule has 2 rings (SSSR count). The average Bonchev–Trinajstić information content (AvgIpc) is 3.10. The van der Waals surface area contributed by atoms with Crippen LogP contribution in [0.15, 0.2) is 22.7 Å². The number of nitrogens with one attached hydrogen (secondary N) is 1. The van der Waals surface area contributed by atoms with E-state index in [1.165, 1.54) is 25.7 Å². The van der Waals surface area contributed by atoms with Gasteiger partial charge in [-0.2, -0.15) is 0 Å². The molecule has 0 saturated heterocycles. The van der Waals surface area contributed by atoms with Crippen LogP contribution >= 0.6 is 15.9 Å². The second kappa shape index (κ2) is 5.43. The van der Waals surface area contributed by atoms with Gasteiger partial charge in [0.15, 0.2) is 0 Å². The minimum absolute atomic E-state index is 0.0520. The fourth-order valence-electron chi connectivity index (χ4n) is 2.42. The molecule has 1 saturated carbocycles. The Labute approximate surface area is 117 Å². The number of rotatable bonds is 5. The first-order valence-electron chi connectivity index (χ1n) is 6.61. The molecule has 1 fully saturated rings. The molecule has 98 valence electrons. The number of hydrogen-bond acceptors (Lipinski definition) is 1. The summed E-state index contributed by atoms with van der Waals surface area (Å²) >= 11 is 3.41. The minimum Gasteiger partial charge on any atom is -0.351 e. The molecular weight excluding hydrogens is 290 g/mol. The van der Waals surface area contributed by atoms with Gasteiger partial charge in [-0.05, 0) is 49.3 Å². The van der Waals surface area contributed by atoms with Crippen molar-refractivity contribution in [3.05, 3.63) is 33.8 Å². The highest BCUT2D eigenvalue weighted by molar-refractivity contribution is 9.10. The third-order valence-electron chi connectivity index (χ3n) is 3.81. The van der Waals surface area contributed by atoms with Crippen molar-refractivity contribution in [1.29, 1.82) is 0 Å². The second-order valence-corrected chi connectivity index (χ2v) is 6.31. The standard InChI is InChI=1S/C15H20BrNO/c1-3-6-15(7-8-15)10-17-14(18)13-9-12(16)5-4-11(13)2/h4-5,9H,3,6-8,10H2,1-2H3,(H,17,18). The first kappa shape index (κ1) is 13.6. The molecule has 0 aromatic heterocycles. The maximum Gasteiger partial charge on any atom is 0.251 e. The molecule has 0 radical (unpaired) electrons. The van der Waals surface area contributed by atoms with Crippen molar-refractivity contribution in [2.75, 3.05) is 6.54 Å². The molecule has 0 heterocycles. The van der Waals surface area contributed by atoms with Gasteiger partial charge in [-0.3, -0.25) is 4.79 Å². The lowest BCUT2D eigenvalue weighted by molar-refractivity contribution is 0.0943. The molecule has 3 heteroatoms. The highest BCUT2D eigenvalue weighted by Gasteiger charge is 2.41. The predicted octanol–water partition coefficient (Wildman–Crippen LogP) is 4.07. The van der Waals surface area contributed by atoms with Crippen molar-refractivity contribution in [2.45, 2.75) is 39.5 Å². The maximum atomic E-state index is 12.2. The van der Waals surface area contributed by atoms with Gasteiger partial charge in [0.25, 0.3) is 5.91 Å². The normalized spacial score (nSPS) is 16.4. The molecule has 0 bridgehead atoms. The summed E-state index contributed by atoms with van der Waals surface area (Å²) in [6.45, 7) is 5.01. The van der Waals surface area contributed by atoms with Crippen LogP contribution in [0.25, 0.3) is 0 Å². The lowest BCUT2D eigenvalue weighted by atomic mass is 10.0. The molecule has 18 heavy (non-hydrogen) atoms. The lowest BCUT2D eigenvalue weighted by Crippen LogP contribution is -2.30. The van der Waals surface area contributed by atoms with Crippen molar-refractivity contribution >= 4 is 21.8 Å². The molecule has 0 unspecified atom stereocenters. The Hall–Kier alpha value is -0.830. The van der Waals surface area contributed by atoms with Crippen LogP contribution in [0.5, 0.6) is 0 Å². The third kappa shape index (κ3) is 3.14. The van der Waals surface area contributed by atoms with Gasteiger partial charge < -0.3 is 5.32 Å². The number of aryl methyl sites for hydroxylation is 1. The molecule has 2 nitrogen and oxygen atoms in total. The topological polar surface area (TPSA) is 29.1 Å². The number of halogens is 1. The van der Waals surface area contributed by atoms with Crippen LogP contribution < -0.4 is 5.32 Å². The molecule has 0 aliphatic heterocycles. The van der Waals surface area contributed by atoms with E-state index in [4.69, 9.17) is 0 Å². The minimum atomic E-state index is 0.0520. The van der Waals surface area contributed by atoms with E-state index in [0.29, 0.717) is 5.41 Å². The van der Waals surface area contributed by atoms with Crippen molar-refractivity contribution in [1.82, 2.24) is 5.32 Å². The highest BCUT2D eigenvalue weighted by atomic mass is 79.9. The Bertz CT molecular complexity index is 452. The molecule has 1 aromatic carbocycles. The van der Waals surface area contributed by atoms with Gasteiger partial charge in [0, 0.05) is 16.6 Å². The molecule has 1 aliphatic rings. The first-order chi connectivity index (χ1) is 8.56. The van der Waals surface area contributed by atoms with Crippen molar-refractivity contribution in [2.24, 2.45) is 5.41 Å². The van der Waals surface area contributed by atoms with E-state index in [1.807, 2.05) is 25.1 Å². The van der Waals surface area contributed by atoms with Crippen LogP contribution in [-0.4, -0.2) is 12.5 Å². The van der Waals surface area contributed by atoms with E-state index in [0.717, 1.165) is 22.1 Å². The Balaban J connectivity index is 1.98. The number of carbonyl (C=O) groups excluding carboxylic acids is 1. The van der Waals surface area contributed by atoms with Gasteiger partial charge in [0.05, 0.1) is 0 Å². The average molecular weight is 310 g/mol. The molecule has 1 amide bonds. The van der Waals surface area contributed by atoms with Gasteiger partial charge >= 0.3 is 0 Å². The van der Waals surface area contributed by atoms with Crippen LogP contribution in [-0.2, 0) is 0 Å². The Morgan fingerprint density at radius 1 is 1.44 bits per heavy atom. The Morgan fingerprint density at radius 3 is 2.78 bits per heavy atom. The number of carbonyl (C=O) groups is 1. The highest BCUT2D eigenvalue weighted by Crippen LogP contribution is 2.48. The number of benzene rings is 1. The summed E-state index contributed by atoms with van der Waals surface area (Å²) in [5.74, 6) is 0.0520. The van der Waals surface area contributed by atoms with E-state index >= 15 is 0 Å². The van der Waals surface area contributed by atoms with Crippen molar-refractivity contribution < 1.29 is 4.79 Å². The summed E-state index contributed by atoms with van der Waals surface area (Å²) in [7, 11) is 0. The van der Waals surface area contributed by atoms with Gasteiger partial charge in [-0.25, -0.2) is 0 Å². The summed E-state index contributed by atoms with van der Waals surface area (Å²) in [5, 5.41) is 3.09. The van der Waals surface area contributed by atoms with Crippen LogP contribution in [0, 0.1) is 12.3 Å². The molecule has 1 N–H and O–H groups in total. The van der Waals surface area contributed by atoms with E-state index in [9.17, 15) is 4.79 Å². The number of amides is 1. The zero-order valence-corrected chi connectivity index (χ0v) is 12.6. The number of hydrogen-bond donors (Lipinski definition) is 1. The molecule has 0 atom stereocenters. The third-order valence-corrected chi connectivity index (χ3v) is 4.30. The van der Waals surface area contributed by atoms with E-state index in [2.05, 4.69) is 28.2 Å². The quantitative estimate of drug-likeness (QED) is 0.873. The van der Waals surface area contributed by atoms with Crippen LogP contribution in [0.1, 0.15) is 48.5 Å². The van der Waals surface area contributed by atoms with Gasteiger partial charge in [-0.1, -0.05) is 35.3 Å². The van der Waals surface area contributed by atoms with Crippen molar-refractivity contribution in [3.8, 4) is 0 Å². The molecule has 1 aromatic rings. The summed E-state index contributed by atoms with van der Waals surface area (Å²) in [5.41, 5.74) is 2.21. The largest absolute Gasteiger partial charge is 0.351 e. The summed E-state index contributed by atoms with van der Waals surface area (Å²) < 4.78 is 0.952. The summed E-state index contributed by atoms with van der Waals surface area (Å²) in [6.07, 6.45) is 4.95. The van der Waals surface area contributed by atoms with Crippen LogP contribution in [0.2, 0.25) is 0 Å². The van der Waals surface area contributed by atoms with Crippen LogP contribution in [0.3, 0.4) is 0 Å². The molecular formula is C15H20BrNO. The fourth-order valence-corrected chi connectivity index (χ4v) is 2.79. The molecule has 0 spiro atoms. The zero-order valence-electron chi connectivity index (χ0n) is 11.1. The second-order valence-electron chi connectivity index (χ2n) is 5.39. The fraction of sp³-hybridized carbons (Fsp3) is 0.533. The Kier molecular flexibility index (Phi) is 4.10. The SMILES string of the molecule is CCCC1(CNC(=O)c2cc(Br)ccc2C)CC1. The maximum absolute atomic E-state index is 12.2. The summed E-state index contributed by atoms with van der Waals surface area (Å²) in [6, 6.07) is 5.83. The van der Waals surface area contributed by atoms with Crippen LogP contribution in [0.4, 0.5) is 0 Å². The summed E-state index contributed by atoms with van der Waals surface area (Å²) in [4.78, 5) is 12.2. The monoisotopic (exact) mass is 309 g/mol.